The van der Waals surface area contributed by atoms with Crippen LogP contribution in [0.25, 0.3) is 0 Å². The van der Waals surface area contributed by atoms with Crippen molar-refractivity contribution in [1.82, 2.24) is 35.6 Å². The molecule has 442 valence electrons. The van der Waals surface area contributed by atoms with E-state index < -0.39 is 138 Å². The van der Waals surface area contributed by atoms with Crippen LogP contribution in [0.15, 0.2) is 24.3 Å². The Bertz CT molecular complexity index is 2330. The fourth-order valence-electron chi connectivity index (χ4n) is 10.6. The Labute approximate surface area is 467 Å². The number of carbonyl (C=O) groups excluding carboxylic acids is 10. The van der Waals surface area contributed by atoms with Gasteiger partial charge in [-0.2, -0.15) is 0 Å². The lowest BCUT2D eigenvalue weighted by Crippen LogP contribution is -2.62. The molecule has 1 aromatic carbocycles. The molecule has 3 saturated heterocycles. The first-order valence-electron chi connectivity index (χ1n) is 28.3. The molecular formula is C58H91N7O14. The van der Waals surface area contributed by atoms with Gasteiger partial charge in [0, 0.05) is 39.5 Å². The molecule has 0 saturated carbocycles. The summed E-state index contributed by atoms with van der Waals surface area (Å²) in [7, 11) is 4.38. The Morgan fingerprint density at radius 1 is 0.848 bits per heavy atom. The number of hydrogen-bond donors (Lipinski definition) is 4. The zero-order chi connectivity index (χ0) is 59.3. The number of esters is 2. The van der Waals surface area contributed by atoms with Crippen molar-refractivity contribution in [2.75, 3.05) is 34.3 Å². The minimum absolute atomic E-state index is 0.115. The van der Waals surface area contributed by atoms with Crippen LogP contribution < -0.4 is 20.7 Å². The van der Waals surface area contributed by atoms with Crippen LogP contribution in [-0.4, -0.2) is 179 Å². The van der Waals surface area contributed by atoms with Gasteiger partial charge in [-0.05, 0) is 93.7 Å². The number of likely N-dealkylation sites (tertiary alicyclic amines) is 1. The van der Waals surface area contributed by atoms with E-state index in [4.69, 9.17) is 14.2 Å². The molecule has 0 bridgehead atoms. The summed E-state index contributed by atoms with van der Waals surface area (Å²) in [6, 6.07) is -1.82. The van der Waals surface area contributed by atoms with Crippen molar-refractivity contribution in [2.24, 2.45) is 35.5 Å². The highest BCUT2D eigenvalue weighted by Gasteiger charge is 2.46. The van der Waals surface area contributed by atoms with E-state index in [0.29, 0.717) is 43.5 Å². The van der Waals surface area contributed by atoms with E-state index in [1.807, 2.05) is 27.7 Å². The minimum atomic E-state index is -1.73. The Morgan fingerprint density at radius 3 is 2.05 bits per heavy atom. The molecule has 21 heteroatoms. The number of aliphatic hydroxyl groups is 1. The second kappa shape index (κ2) is 29.4. The number of Topliss-reactive ketones (excluding diaryl/α,β-unsaturated/α-hetero) is 1. The lowest BCUT2D eigenvalue weighted by molar-refractivity contribution is -0.163. The maximum absolute atomic E-state index is 15.0. The first-order chi connectivity index (χ1) is 37.0. The van der Waals surface area contributed by atoms with Gasteiger partial charge in [-0.25, -0.2) is 4.79 Å². The number of fused-ring (bicyclic) bond motifs is 1. The fraction of sp³-hybridized carbons (Fsp3) is 0.724. The molecule has 3 aliphatic heterocycles. The number of amides is 7. The predicted molar refractivity (Wildman–Crippen MR) is 293 cm³/mol. The van der Waals surface area contributed by atoms with Gasteiger partial charge < -0.3 is 54.9 Å². The Balaban J connectivity index is 1.89. The number of aliphatic hydroxyl groups excluding tert-OH is 1. The Morgan fingerprint density at radius 2 is 1.48 bits per heavy atom. The maximum Gasteiger partial charge on any atom is 0.329 e. The highest BCUT2D eigenvalue weighted by Crippen LogP contribution is 2.28. The quantitative estimate of drug-likeness (QED) is 0.145. The van der Waals surface area contributed by atoms with Crippen LogP contribution in [0.4, 0.5) is 0 Å². The van der Waals surface area contributed by atoms with Crippen molar-refractivity contribution in [2.45, 2.75) is 201 Å². The van der Waals surface area contributed by atoms with Gasteiger partial charge in [0.1, 0.15) is 48.1 Å². The van der Waals surface area contributed by atoms with Gasteiger partial charge in [0.25, 0.3) is 0 Å². The Kier molecular flexibility index (Phi) is 24.3. The summed E-state index contributed by atoms with van der Waals surface area (Å²) in [6.07, 6.45) is -3.21. The predicted octanol–water partition coefficient (Wildman–Crippen LogP) is 3.59. The zero-order valence-corrected chi connectivity index (χ0v) is 49.4. The number of nitrogens with zero attached hydrogens (tertiary/aromatic N) is 4. The molecule has 0 aliphatic carbocycles. The van der Waals surface area contributed by atoms with E-state index in [9.17, 15) is 48.3 Å². The van der Waals surface area contributed by atoms with Gasteiger partial charge in [-0.3, -0.25) is 43.2 Å². The Hall–Kier alpha value is -6.12. The van der Waals surface area contributed by atoms with E-state index in [1.54, 1.807) is 65.8 Å². The summed E-state index contributed by atoms with van der Waals surface area (Å²) in [5.41, 5.74) is 0.585. The summed E-state index contributed by atoms with van der Waals surface area (Å²) in [6.45, 7) is 20.9. The second-order valence-corrected chi connectivity index (χ2v) is 23.4. The molecule has 4 rings (SSSR count). The topological polar surface area (TPSA) is 268 Å². The van der Waals surface area contributed by atoms with Crippen LogP contribution in [0.3, 0.4) is 0 Å². The van der Waals surface area contributed by atoms with Crippen molar-refractivity contribution < 1.29 is 67.3 Å². The largest absolute Gasteiger partial charge is 0.497 e. The first-order valence-corrected chi connectivity index (χ1v) is 28.3. The van der Waals surface area contributed by atoms with Crippen molar-refractivity contribution in [1.29, 1.82) is 0 Å². The lowest BCUT2D eigenvalue weighted by Gasteiger charge is -2.36. The van der Waals surface area contributed by atoms with E-state index in [2.05, 4.69) is 16.0 Å². The van der Waals surface area contributed by atoms with Crippen molar-refractivity contribution in [3.05, 3.63) is 29.8 Å². The number of nitrogens with one attached hydrogen (secondary N) is 3. The summed E-state index contributed by atoms with van der Waals surface area (Å²) in [5, 5.41) is 20.2. The smallest absolute Gasteiger partial charge is 0.329 e. The number of methoxy groups -OCH3 is 1. The summed E-state index contributed by atoms with van der Waals surface area (Å²) < 4.78 is 17.3. The van der Waals surface area contributed by atoms with Gasteiger partial charge in [-0.1, -0.05) is 87.8 Å². The van der Waals surface area contributed by atoms with E-state index in [0.717, 1.165) is 0 Å². The number of carbonyl (C=O) groups is 10. The molecule has 0 spiro atoms. The van der Waals surface area contributed by atoms with Gasteiger partial charge in [0.2, 0.25) is 41.4 Å². The van der Waals surface area contributed by atoms with Crippen molar-refractivity contribution in [3.63, 3.8) is 0 Å². The van der Waals surface area contributed by atoms with Crippen LogP contribution >= 0.6 is 0 Å². The van der Waals surface area contributed by atoms with Crippen LogP contribution in [0, 0.1) is 35.5 Å². The third-order valence-corrected chi connectivity index (χ3v) is 15.6. The van der Waals surface area contributed by atoms with Crippen LogP contribution in [-0.2, 0) is 63.8 Å². The standard InChI is InChI=1S/C58H91N7O14/c1-16-35(10)47-45(66)30-46(67)79-50(33(6)7)49(68)36(11)51(69)59-40(27-31(2)3)55(73)65-26-18-20-42(65)57(75)63(14)44(29-38-21-23-39(77-15)24-22-38)58(76)78-37(12)48(53(71)60-47)61-52(70)43(28-32(4)5)62(13)56(74)41-19-17-25-64(41)54(72)34(8)9/h21-24,31-37,40-45,47-48,50,66H,16-20,25-30H2,1-15H3,(H,59,69)(H,60,71)(H,61,70)/t35-,36-,37+,40?,41?,42-,43-,44-,45-,47-,48-,50-/m1/s1. The van der Waals surface area contributed by atoms with E-state index in [1.165, 1.54) is 54.7 Å². The van der Waals surface area contributed by atoms with E-state index >= 15 is 4.79 Å². The number of hydrogen-bond acceptors (Lipinski definition) is 14. The fourth-order valence-corrected chi connectivity index (χ4v) is 10.6. The second-order valence-electron chi connectivity index (χ2n) is 23.4. The zero-order valence-electron chi connectivity index (χ0n) is 49.4. The molecule has 2 unspecified atom stereocenters. The molecule has 79 heavy (non-hydrogen) atoms. The number of likely N-dealkylation sites (N-methyl/N-ethyl adjacent to an activating group) is 2. The first kappa shape index (κ1) is 65.4. The van der Waals surface area contributed by atoms with Crippen LogP contribution in [0.1, 0.15) is 140 Å². The SMILES string of the molecule is CC[C@@H](C)[C@H]1NC(=O)[C@H](NC(=O)[C@@H](CC(C)C)N(C)C(=O)C2CCCN2C(=O)C(C)C)[C@H](C)OC(=O)[C@@H](Cc2ccc(OC)cc2)N(C)C(=O)[C@H]2CCCN2C(=O)C(CC(C)C)NC(=O)[C@H](C)C(=O)[C@@H](C(C)C)OC(=O)C[C@H]1O. The average molecular weight is 1110 g/mol. The van der Waals surface area contributed by atoms with Gasteiger partial charge in [0.15, 0.2) is 11.9 Å². The van der Waals surface area contributed by atoms with Crippen molar-refractivity contribution in [3.8, 4) is 5.75 Å². The molecule has 7 amide bonds. The molecular weight excluding hydrogens is 1020 g/mol. The molecule has 1 aromatic rings. The van der Waals surface area contributed by atoms with Crippen LogP contribution in [0.2, 0.25) is 0 Å². The number of ketones is 1. The molecule has 4 N–H and O–H groups in total. The normalized spacial score (nSPS) is 27.3. The molecule has 3 fully saturated rings. The molecule has 0 radical (unpaired) electrons. The summed E-state index contributed by atoms with van der Waals surface area (Å²) in [5.74, 6) is -9.84. The van der Waals surface area contributed by atoms with Gasteiger partial charge in [-0.15, -0.1) is 0 Å². The van der Waals surface area contributed by atoms with Gasteiger partial charge in [0.05, 0.1) is 31.6 Å². The third kappa shape index (κ3) is 17.0. The molecule has 12 atom stereocenters. The number of rotatable bonds is 15. The highest BCUT2D eigenvalue weighted by molar-refractivity contribution is 6.05. The van der Waals surface area contributed by atoms with Gasteiger partial charge >= 0.3 is 11.9 Å². The molecule has 3 heterocycles. The lowest BCUT2D eigenvalue weighted by atomic mass is 9.91. The average Bonchev–Trinajstić information content (AvgIpc) is 4.13. The summed E-state index contributed by atoms with van der Waals surface area (Å²) >= 11 is 0. The number of cyclic esters (lactones) is 2. The van der Waals surface area contributed by atoms with E-state index in [-0.39, 0.29) is 55.9 Å². The number of benzene rings is 1. The van der Waals surface area contributed by atoms with Crippen molar-refractivity contribution >= 4 is 59.1 Å². The highest BCUT2D eigenvalue weighted by atomic mass is 16.6. The maximum atomic E-state index is 15.0. The monoisotopic (exact) mass is 1110 g/mol. The number of ether oxygens (including phenoxy) is 3. The minimum Gasteiger partial charge on any atom is -0.497 e. The third-order valence-electron chi connectivity index (χ3n) is 15.6. The molecule has 0 aromatic heterocycles. The van der Waals surface area contributed by atoms with Crippen LogP contribution in [0.5, 0.6) is 5.75 Å². The molecule has 21 nitrogen and oxygen atoms in total. The summed E-state index contributed by atoms with van der Waals surface area (Å²) in [4.78, 5) is 149. The molecule has 3 aliphatic rings.